The topological polar surface area (TPSA) is 71.3 Å². The molecule has 7 heteroatoms. The lowest BCUT2D eigenvalue weighted by Gasteiger charge is -2.35. The summed E-state index contributed by atoms with van der Waals surface area (Å²) in [6.07, 6.45) is 1.85. The van der Waals surface area contributed by atoms with Gasteiger partial charge in [-0.1, -0.05) is 73.9 Å². The summed E-state index contributed by atoms with van der Waals surface area (Å²) in [5, 5.41) is 7.97. The minimum Gasteiger partial charge on any atom is -0.334 e. The molecule has 0 bridgehead atoms. The number of aryl methyl sites for hydroxylation is 1. The van der Waals surface area contributed by atoms with Crippen LogP contribution in [0.4, 0.5) is 4.79 Å². The molecule has 2 heterocycles. The summed E-state index contributed by atoms with van der Waals surface area (Å²) in [7, 11) is 0. The number of amides is 2. The molecule has 0 aliphatic carbocycles. The van der Waals surface area contributed by atoms with E-state index in [1.165, 1.54) is 5.56 Å². The van der Waals surface area contributed by atoms with Gasteiger partial charge in [0, 0.05) is 22.8 Å². The van der Waals surface area contributed by atoms with Gasteiger partial charge in [-0.2, -0.15) is 4.98 Å². The molecular weight excluding hydrogens is 436 g/mol. The molecule has 6 nitrogen and oxygen atoms in total. The number of nitrogens with one attached hydrogen (secondary N) is 1. The molecule has 0 spiro atoms. The fourth-order valence-corrected chi connectivity index (χ4v) is 4.18. The van der Waals surface area contributed by atoms with E-state index >= 15 is 0 Å². The van der Waals surface area contributed by atoms with Crippen molar-refractivity contribution in [3.05, 3.63) is 76.3 Å². The van der Waals surface area contributed by atoms with Gasteiger partial charge in [-0.3, -0.25) is 4.90 Å². The predicted octanol–water partition coefficient (Wildman–Crippen LogP) is 6.50. The number of urea groups is 1. The van der Waals surface area contributed by atoms with Gasteiger partial charge in [0.05, 0.1) is 11.6 Å². The maximum absolute atomic E-state index is 13.1. The first-order chi connectivity index (χ1) is 15.9. The Balaban J connectivity index is 1.78. The van der Waals surface area contributed by atoms with Crippen LogP contribution in [0.15, 0.2) is 58.8 Å². The number of nitrogens with zero attached hydrogens (tertiary/aromatic N) is 3. The predicted molar refractivity (Wildman–Crippen MR) is 131 cm³/mol. The number of rotatable bonds is 7. The van der Waals surface area contributed by atoms with E-state index in [9.17, 15) is 4.79 Å². The van der Waals surface area contributed by atoms with Crippen molar-refractivity contribution in [1.82, 2.24) is 20.4 Å². The molecule has 0 saturated heterocycles. The van der Waals surface area contributed by atoms with E-state index in [1.807, 2.05) is 19.1 Å². The molecule has 4 rings (SSSR count). The van der Waals surface area contributed by atoms with E-state index in [1.54, 1.807) is 17.0 Å². The van der Waals surface area contributed by atoms with Crippen LogP contribution in [0.1, 0.15) is 57.2 Å². The number of benzene rings is 2. The highest BCUT2D eigenvalue weighted by Crippen LogP contribution is 2.37. The van der Waals surface area contributed by atoms with Gasteiger partial charge < -0.3 is 9.84 Å². The maximum Gasteiger partial charge on any atom is 0.322 e. The van der Waals surface area contributed by atoms with E-state index in [0.717, 1.165) is 35.2 Å². The van der Waals surface area contributed by atoms with Crippen LogP contribution < -0.4 is 5.32 Å². The fourth-order valence-electron chi connectivity index (χ4n) is 3.99. The van der Waals surface area contributed by atoms with E-state index in [2.05, 4.69) is 60.5 Å². The average Bonchev–Trinajstić information content (AvgIpc) is 3.28. The monoisotopic (exact) mass is 464 g/mol. The Kier molecular flexibility index (Phi) is 6.84. The second-order valence-corrected chi connectivity index (χ2v) is 9.18. The third-order valence-corrected chi connectivity index (χ3v) is 6.22. The third-order valence-electron chi connectivity index (χ3n) is 5.99. The number of hydrogen-bond donors (Lipinski definition) is 1. The quantitative estimate of drug-likeness (QED) is 0.433. The van der Waals surface area contributed by atoms with Gasteiger partial charge in [-0.25, -0.2) is 4.79 Å². The Morgan fingerprint density at radius 1 is 1.18 bits per heavy atom. The molecule has 1 atom stereocenters. The smallest absolute Gasteiger partial charge is 0.322 e. The van der Waals surface area contributed by atoms with Crippen LogP contribution >= 0.6 is 11.6 Å². The molecule has 172 valence electrons. The van der Waals surface area contributed by atoms with Crippen LogP contribution in [-0.4, -0.2) is 27.6 Å². The van der Waals surface area contributed by atoms with Crippen molar-refractivity contribution in [1.29, 1.82) is 0 Å². The largest absolute Gasteiger partial charge is 0.334 e. The van der Waals surface area contributed by atoms with Crippen molar-refractivity contribution in [3.63, 3.8) is 0 Å². The Morgan fingerprint density at radius 3 is 2.61 bits per heavy atom. The minimum atomic E-state index is -0.383. The van der Waals surface area contributed by atoms with Crippen LogP contribution in [0.25, 0.3) is 17.0 Å². The second kappa shape index (κ2) is 9.79. The minimum absolute atomic E-state index is 0.115. The van der Waals surface area contributed by atoms with Crippen LogP contribution in [0.2, 0.25) is 5.02 Å². The van der Waals surface area contributed by atoms with Crippen LogP contribution in [0.5, 0.6) is 0 Å². The first kappa shape index (κ1) is 23.1. The van der Waals surface area contributed by atoms with E-state index in [4.69, 9.17) is 16.1 Å². The molecule has 3 aromatic rings. The normalized spacial score (nSPS) is 16.5. The van der Waals surface area contributed by atoms with E-state index < -0.39 is 0 Å². The average molecular weight is 465 g/mol. The molecule has 1 unspecified atom stereocenters. The van der Waals surface area contributed by atoms with Gasteiger partial charge in [0.2, 0.25) is 5.82 Å². The molecule has 1 aliphatic rings. The Bertz CT molecular complexity index is 1170. The van der Waals surface area contributed by atoms with Crippen molar-refractivity contribution in [3.8, 4) is 11.4 Å². The molecule has 1 aromatic heterocycles. The number of allylic oxidation sites excluding steroid dienone is 1. The zero-order valence-corrected chi connectivity index (χ0v) is 20.2. The number of carbonyl (C=O) groups excluding carboxylic acids is 1. The third kappa shape index (κ3) is 4.96. The summed E-state index contributed by atoms with van der Waals surface area (Å²) in [4.78, 5) is 19.5. The lowest BCUT2D eigenvalue weighted by molar-refractivity contribution is 0.202. The lowest BCUT2D eigenvalue weighted by Crippen LogP contribution is -2.46. The van der Waals surface area contributed by atoms with Gasteiger partial charge in [0.25, 0.3) is 5.89 Å². The fraction of sp³-hybridized carbons (Fsp3) is 0.346. The highest BCUT2D eigenvalue weighted by Gasteiger charge is 2.35. The molecule has 33 heavy (non-hydrogen) atoms. The van der Waals surface area contributed by atoms with E-state index in [-0.39, 0.29) is 12.1 Å². The second-order valence-electron chi connectivity index (χ2n) is 8.74. The molecule has 1 N–H and O–H groups in total. The Hall–Kier alpha value is -3.12. The first-order valence-electron chi connectivity index (χ1n) is 11.3. The highest BCUT2D eigenvalue weighted by molar-refractivity contribution is 6.30. The SMILES string of the molecule is CCc1ccc(C2NC(=O)N(CCC(C)C)C(C)=C2c2nc(-c3cccc(Cl)c3)no2)cc1. The maximum atomic E-state index is 13.1. The zero-order valence-electron chi connectivity index (χ0n) is 19.4. The summed E-state index contributed by atoms with van der Waals surface area (Å²) < 4.78 is 5.73. The van der Waals surface area contributed by atoms with Crippen LogP contribution in [-0.2, 0) is 6.42 Å². The molecule has 2 amide bonds. The summed E-state index contributed by atoms with van der Waals surface area (Å²) >= 11 is 6.15. The van der Waals surface area contributed by atoms with Crippen LogP contribution in [0, 0.1) is 5.92 Å². The van der Waals surface area contributed by atoms with Gasteiger partial charge in [-0.15, -0.1) is 0 Å². The summed E-state index contributed by atoms with van der Waals surface area (Å²) in [5.41, 5.74) is 4.62. The van der Waals surface area contributed by atoms with Crippen molar-refractivity contribution >= 4 is 23.2 Å². The number of halogens is 1. The van der Waals surface area contributed by atoms with Gasteiger partial charge >= 0.3 is 6.03 Å². The molecule has 0 fully saturated rings. The van der Waals surface area contributed by atoms with Gasteiger partial charge in [0.15, 0.2) is 0 Å². The summed E-state index contributed by atoms with van der Waals surface area (Å²) in [5.74, 6) is 1.33. The van der Waals surface area contributed by atoms with Crippen molar-refractivity contribution in [2.24, 2.45) is 5.92 Å². The van der Waals surface area contributed by atoms with Crippen molar-refractivity contribution < 1.29 is 9.32 Å². The molecule has 2 aromatic carbocycles. The van der Waals surface area contributed by atoms with Gasteiger partial charge in [0.1, 0.15) is 0 Å². The van der Waals surface area contributed by atoms with Crippen LogP contribution in [0.3, 0.4) is 0 Å². The highest BCUT2D eigenvalue weighted by atomic mass is 35.5. The first-order valence-corrected chi connectivity index (χ1v) is 11.7. The van der Waals surface area contributed by atoms with E-state index in [0.29, 0.717) is 29.2 Å². The summed E-state index contributed by atoms with van der Waals surface area (Å²) in [6, 6.07) is 15.1. The molecule has 0 radical (unpaired) electrons. The lowest BCUT2D eigenvalue weighted by atomic mass is 9.93. The standard InChI is InChI=1S/C26H29ClN4O2/c1-5-18-9-11-19(12-10-18)23-22(17(4)31(26(32)28-23)14-13-16(2)3)25-29-24(30-33-25)20-7-6-8-21(27)15-20/h6-12,15-16,23H,5,13-14H2,1-4H3,(H,28,32). The number of aromatic nitrogens is 2. The molecule has 1 aliphatic heterocycles. The Morgan fingerprint density at radius 2 is 1.94 bits per heavy atom. The Labute approximate surface area is 199 Å². The molecular formula is C26H29ClN4O2. The van der Waals surface area contributed by atoms with Gasteiger partial charge in [-0.05, 0) is 48.9 Å². The zero-order chi connectivity index (χ0) is 23.5. The van der Waals surface area contributed by atoms with Crippen molar-refractivity contribution in [2.45, 2.75) is 46.6 Å². The summed E-state index contributed by atoms with van der Waals surface area (Å²) in [6.45, 7) is 8.99. The van der Waals surface area contributed by atoms with Crippen molar-refractivity contribution in [2.75, 3.05) is 6.54 Å². The number of hydrogen-bond acceptors (Lipinski definition) is 4. The molecule has 0 saturated carbocycles. The number of carbonyl (C=O) groups is 1.